The summed E-state index contributed by atoms with van der Waals surface area (Å²) in [6.07, 6.45) is 3.61. The Morgan fingerprint density at radius 1 is 1.20 bits per heavy atom. The maximum Gasteiger partial charge on any atom is 0.229 e. The second-order valence-electron chi connectivity index (χ2n) is 7.91. The third kappa shape index (κ3) is 5.30. The lowest BCUT2D eigenvalue weighted by molar-refractivity contribution is 0.0699. The van der Waals surface area contributed by atoms with Crippen LogP contribution in [0.1, 0.15) is 12.8 Å². The van der Waals surface area contributed by atoms with Crippen molar-refractivity contribution in [2.75, 3.05) is 68.5 Å². The van der Waals surface area contributed by atoms with Gasteiger partial charge < -0.3 is 25.2 Å². The minimum Gasteiger partial charge on any atom is -0.381 e. The molecule has 0 aliphatic carbocycles. The van der Waals surface area contributed by atoms with Gasteiger partial charge in [-0.1, -0.05) is 11.6 Å². The molecular weight excluding hydrogens is 407 g/mol. The monoisotopic (exact) mass is 434 g/mol. The Morgan fingerprint density at radius 3 is 2.70 bits per heavy atom. The zero-order valence-corrected chi connectivity index (χ0v) is 18.0. The number of likely N-dealkylation sites (N-methyl/N-ethyl adjacent to an activating group) is 1. The first kappa shape index (κ1) is 21.1. The summed E-state index contributed by atoms with van der Waals surface area (Å²) in [5.74, 6) is 1.24. The van der Waals surface area contributed by atoms with Crippen molar-refractivity contribution in [3.05, 3.63) is 35.2 Å². The van der Waals surface area contributed by atoms with Crippen molar-refractivity contribution in [2.24, 2.45) is 5.92 Å². The van der Waals surface area contributed by atoms with Gasteiger partial charge in [0.25, 0.3) is 0 Å². The van der Waals surface area contributed by atoms with Gasteiger partial charge in [-0.15, -0.1) is 0 Å². The largest absolute Gasteiger partial charge is 0.381 e. The van der Waals surface area contributed by atoms with Crippen molar-refractivity contribution >= 4 is 34.7 Å². The maximum atomic E-state index is 14.7. The molecule has 3 heterocycles. The van der Waals surface area contributed by atoms with E-state index in [9.17, 15) is 4.39 Å². The number of ether oxygens (including phenoxy) is 1. The molecule has 2 aliphatic rings. The average molecular weight is 435 g/mol. The Bertz CT molecular complexity index is 855. The molecule has 2 saturated heterocycles. The number of rotatable bonds is 6. The van der Waals surface area contributed by atoms with Crippen molar-refractivity contribution in [3.63, 3.8) is 0 Å². The second-order valence-corrected chi connectivity index (χ2v) is 8.32. The number of hydrogen-bond acceptors (Lipinski definition) is 7. The van der Waals surface area contributed by atoms with Crippen LogP contribution in [0.15, 0.2) is 24.4 Å². The van der Waals surface area contributed by atoms with Crippen LogP contribution in [-0.2, 0) is 4.74 Å². The van der Waals surface area contributed by atoms with Crippen LogP contribution in [0.3, 0.4) is 0 Å². The van der Waals surface area contributed by atoms with Crippen LogP contribution in [-0.4, -0.2) is 67.9 Å². The van der Waals surface area contributed by atoms with E-state index >= 15 is 0 Å². The van der Waals surface area contributed by atoms with E-state index in [1.165, 1.54) is 6.07 Å². The highest BCUT2D eigenvalue weighted by Crippen LogP contribution is 2.27. The lowest BCUT2D eigenvalue weighted by atomic mass is 10.0. The fourth-order valence-electron chi connectivity index (χ4n) is 3.76. The van der Waals surface area contributed by atoms with Crippen molar-refractivity contribution in [3.8, 4) is 0 Å². The number of nitrogens with one attached hydrogen (secondary N) is 2. The first-order valence-electron chi connectivity index (χ1n) is 10.4. The third-order valence-electron chi connectivity index (χ3n) is 5.69. The molecule has 1 aromatic carbocycles. The molecule has 162 valence electrons. The quantitative estimate of drug-likeness (QED) is 0.720. The van der Waals surface area contributed by atoms with E-state index in [4.69, 9.17) is 16.3 Å². The van der Waals surface area contributed by atoms with E-state index in [-0.39, 0.29) is 5.82 Å². The Labute approximate surface area is 181 Å². The van der Waals surface area contributed by atoms with Crippen molar-refractivity contribution in [1.29, 1.82) is 0 Å². The highest BCUT2D eigenvalue weighted by Gasteiger charge is 2.18. The summed E-state index contributed by atoms with van der Waals surface area (Å²) in [6.45, 7) is 5.89. The van der Waals surface area contributed by atoms with Crippen LogP contribution >= 0.6 is 11.6 Å². The minimum absolute atomic E-state index is 0.253. The third-order valence-corrected chi connectivity index (χ3v) is 5.97. The SMILES string of the molecule is CN1CCN(c2ccc(Nc3ncc(Cl)c(NCC4CCOCC4)n3)cc2F)CC1. The summed E-state index contributed by atoms with van der Waals surface area (Å²) >= 11 is 6.25. The molecule has 30 heavy (non-hydrogen) atoms. The smallest absolute Gasteiger partial charge is 0.229 e. The maximum absolute atomic E-state index is 14.7. The van der Waals surface area contributed by atoms with Crippen molar-refractivity contribution in [1.82, 2.24) is 14.9 Å². The molecule has 7 nitrogen and oxygen atoms in total. The normalized spacial score (nSPS) is 18.4. The predicted octanol–water partition coefficient (Wildman–Crippen LogP) is 3.60. The Morgan fingerprint density at radius 2 is 1.97 bits per heavy atom. The molecule has 9 heteroatoms. The number of hydrogen-bond donors (Lipinski definition) is 2. The molecule has 0 atom stereocenters. The summed E-state index contributed by atoms with van der Waals surface area (Å²) in [7, 11) is 2.08. The highest BCUT2D eigenvalue weighted by molar-refractivity contribution is 6.32. The summed E-state index contributed by atoms with van der Waals surface area (Å²) in [6, 6.07) is 5.15. The van der Waals surface area contributed by atoms with Gasteiger partial charge in [-0.25, -0.2) is 9.37 Å². The second kappa shape index (κ2) is 9.76. The molecule has 0 bridgehead atoms. The predicted molar refractivity (Wildman–Crippen MR) is 118 cm³/mol. The number of halogens is 2. The van der Waals surface area contributed by atoms with Gasteiger partial charge in [0, 0.05) is 51.6 Å². The highest BCUT2D eigenvalue weighted by atomic mass is 35.5. The summed E-state index contributed by atoms with van der Waals surface area (Å²) < 4.78 is 20.1. The first-order chi connectivity index (χ1) is 14.6. The zero-order chi connectivity index (χ0) is 20.9. The summed E-state index contributed by atoms with van der Waals surface area (Å²) in [5, 5.41) is 6.85. The van der Waals surface area contributed by atoms with E-state index in [1.807, 2.05) is 12.1 Å². The number of nitrogens with zero attached hydrogens (tertiary/aromatic N) is 4. The van der Waals surface area contributed by atoms with E-state index < -0.39 is 0 Å². The molecule has 1 aromatic heterocycles. The lowest BCUT2D eigenvalue weighted by Gasteiger charge is -2.34. The Kier molecular flexibility index (Phi) is 6.86. The van der Waals surface area contributed by atoms with Gasteiger partial charge in [-0.3, -0.25) is 0 Å². The molecule has 0 radical (unpaired) electrons. The van der Waals surface area contributed by atoms with Crippen molar-refractivity contribution < 1.29 is 9.13 Å². The molecule has 2 aromatic rings. The molecule has 0 saturated carbocycles. The molecular formula is C21H28ClFN6O. The van der Waals surface area contributed by atoms with E-state index in [2.05, 4.69) is 37.4 Å². The minimum atomic E-state index is -0.253. The lowest BCUT2D eigenvalue weighted by Crippen LogP contribution is -2.44. The molecule has 0 unspecified atom stereocenters. The van der Waals surface area contributed by atoms with Gasteiger partial charge in [0.15, 0.2) is 5.82 Å². The van der Waals surface area contributed by atoms with E-state index in [0.717, 1.165) is 58.8 Å². The van der Waals surface area contributed by atoms with Gasteiger partial charge in [-0.2, -0.15) is 4.98 Å². The van der Waals surface area contributed by atoms with Gasteiger partial charge in [0.1, 0.15) is 10.8 Å². The molecule has 2 aliphatic heterocycles. The van der Waals surface area contributed by atoms with Gasteiger partial charge in [-0.05, 0) is 44.0 Å². The number of piperazine rings is 1. The Hall–Kier alpha value is -2.16. The van der Waals surface area contributed by atoms with Crippen molar-refractivity contribution in [2.45, 2.75) is 12.8 Å². The molecule has 0 amide bonds. The average Bonchev–Trinajstić information content (AvgIpc) is 2.76. The molecule has 4 rings (SSSR count). The zero-order valence-electron chi connectivity index (χ0n) is 17.2. The van der Waals surface area contributed by atoms with Crippen LogP contribution in [0.5, 0.6) is 0 Å². The summed E-state index contributed by atoms with van der Waals surface area (Å²) in [5.41, 5.74) is 1.23. The van der Waals surface area contributed by atoms with Crippen LogP contribution in [0.25, 0.3) is 0 Å². The topological polar surface area (TPSA) is 65.5 Å². The van der Waals surface area contributed by atoms with E-state index in [0.29, 0.717) is 34.1 Å². The molecule has 0 spiro atoms. The first-order valence-corrected chi connectivity index (χ1v) is 10.8. The van der Waals surface area contributed by atoms with E-state index in [1.54, 1.807) is 6.20 Å². The van der Waals surface area contributed by atoms with Gasteiger partial charge >= 0.3 is 0 Å². The molecule has 2 N–H and O–H groups in total. The molecule has 2 fully saturated rings. The standard InChI is InChI=1S/C21H28ClFN6O/c1-28-6-8-29(9-7-28)19-3-2-16(12-18(19)23)26-21-25-14-17(22)20(27-21)24-13-15-4-10-30-11-5-15/h2-3,12,14-15H,4-11,13H2,1H3,(H2,24,25,26,27). The van der Waals surface area contributed by atoms with Gasteiger partial charge in [0.2, 0.25) is 5.95 Å². The van der Waals surface area contributed by atoms with Crippen LogP contribution in [0.4, 0.5) is 27.5 Å². The number of aromatic nitrogens is 2. The Balaban J connectivity index is 1.40. The fraction of sp³-hybridized carbons (Fsp3) is 0.524. The van der Waals surface area contributed by atoms with Crippen LogP contribution in [0.2, 0.25) is 5.02 Å². The van der Waals surface area contributed by atoms with Gasteiger partial charge in [0.05, 0.1) is 11.9 Å². The van der Waals surface area contributed by atoms with Crippen LogP contribution in [0, 0.1) is 11.7 Å². The fourth-order valence-corrected chi connectivity index (χ4v) is 3.92. The summed E-state index contributed by atoms with van der Waals surface area (Å²) in [4.78, 5) is 13.0. The number of anilines is 4. The van der Waals surface area contributed by atoms with Crippen LogP contribution < -0.4 is 15.5 Å². The number of benzene rings is 1.